The molecule has 0 spiro atoms. The topological polar surface area (TPSA) is 60.0 Å². The summed E-state index contributed by atoms with van der Waals surface area (Å²) in [6, 6.07) is 13.9. The molecule has 1 N–H and O–H groups in total. The molecule has 1 heterocycles. The van der Waals surface area contributed by atoms with Crippen molar-refractivity contribution in [3.8, 4) is 11.5 Å². The van der Waals surface area contributed by atoms with E-state index in [1.165, 1.54) is 0 Å². The number of benzene rings is 2. The van der Waals surface area contributed by atoms with Gasteiger partial charge in [-0.3, -0.25) is 9.69 Å². The van der Waals surface area contributed by atoms with Crippen molar-refractivity contribution in [1.29, 1.82) is 0 Å². The predicted molar refractivity (Wildman–Crippen MR) is 113 cm³/mol. The molecule has 1 aliphatic heterocycles. The molecule has 1 amide bonds. The van der Waals surface area contributed by atoms with E-state index in [1.807, 2.05) is 24.3 Å². The van der Waals surface area contributed by atoms with Crippen molar-refractivity contribution >= 4 is 5.91 Å². The monoisotopic (exact) mass is 434 g/mol. The molecule has 168 valence electrons. The van der Waals surface area contributed by atoms with Crippen LogP contribution < -0.4 is 14.8 Å². The van der Waals surface area contributed by atoms with E-state index in [4.69, 9.17) is 9.47 Å². The highest BCUT2D eigenvalue weighted by Crippen LogP contribution is 2.22. The lowest BCUT2D eigenvalue weighted by atomic mass is 10.1. The van der Waals surface area contributed by atoms with E-state index in [9.17, 15) is 13.6 Å². The average molecular weight is 434 g/mol. The first-order valence-electron chi connectivity index (χ1n) is 10.3. The number of hydrogen-bond donors (Lipinski definition) is 1. The van der Waals surface area contributed by atoms with Crippen LogP contribution in [0.4, 0.5) is 8.78 Å². The number of nitrogens with one attached hydrogen (secondary N) is 1. The number of likely N-dealkylation sites (tertiary alicyclic amines) is 1. The molecule has 6 nitrogen and oxygen atoms in total. The molecule has 0 aromatic heterocycles. The number of piperidine rings is 1. The number of carbonyl (C=O) groups excluding carboxylic acids is 1. The summed E-state index contributed by atoms with van der Waals surface area (Å²) in [7, 11) is 1.59. The second kappa shape index (κ2) is 11.6. The van der Waals surface area contributed by atoms with Gasteiger partial charge in [-0.05, 0) is 48.7 Å². The van der Waals surface area contributed by atoms with E-state index in [0.29, 0.717) is 24.5 Å². The van der Waals surface area contributed by atoms with E-state index in [2.05, 4.69) is 15.0 Å². The summed E-state index contributed by atoms with van der Waals surface area (Å²) in [6.45, 7) is 0.609. The highest BCUT2D eigenvalue weighted by Gasteiger charge is 2.21. The zero-order valence-corrected chi connectivity index (χ0v) is 17.6. The van der Waals surface area contributed by atoms with Gasteiger partial charge in [-0.1, -0.05) is 18.2 Å². The summed E-state index contributed by atoms with van der Waals surface area (Å²) in [4.78, 5) is 14.5. The Hall–Kier alpha value is -2.71. The van der Waals surface area contributed by atoms with Crippen molar-refractivity contribution in [2.24, 2.45) is 0 Å². The van der Waals surface area contributed by atoms with Crippen molar-refractivity contribution < 1.29 is 27.8 Å². The van der Waals surface area contributed by atoms with Crippen LogP contribution in [0.15, 0.2) is 48.5 Å². The van der Waals surface area contributed by atoms with E-state index < -0.39 is 6.61 Å². The van der Waals surface area contributed by atoms with Gasteiger partial charge in [0.25, 0.3) is 5.91 Å². The van der Waals surface area contributed by atoms with E-state index in [-0.39, 0.29) is 17.8 Å². The molecule has 0 atom stereocenters. The maximum Gasteiger partial charge on any atom is 0.387 e. The largest absolute Gasteiger partial charge is 0.490 e. The zero-order valence-electron chi connectivity index (χ0n) is 17.6. The van der Waals surface area contributed by atoms with Gasteiger partial charge in [0.1, 0.15) is 17.6 Å². The minimum absolute atomic E-state index is 0.0878. The SMILES string of the molecule is COCCNC(=O)c1cccc(OC2CCN(Cc3ccc(OC(F)F)cc3)CC2)c1. The number of methoxy groups -OCH3 is 1. The van der Waals surface area contributed by atoms with Gasteiger partial charge in [0, 0.05) is 38.9 Å². The minimum atomic E-state index is -2.81. The molecule has 0 saturated carbocycles. The van der Waals surface area contributed by atoms with Crippen LogP contribution in [-0.4, -0.2) is 56.9 Å². The van der Waals surface area contributed by atoms with Crippen molar-refractivity contribution in [3.63, 3.8) is 0 Å². The van der Waals surface area contributed by atoms with Gasteiger partial charge < -0.3 is 19.5 Å². The maximum atomic E-state index is 12.2. The lowest BCUT2D eigenvalue weighted by Gasteiger charge is -2.32. The van der Waals surface area contributed by atoms with Crippen LogP contribution in [-0.2, 0) is 11.3 Å². The molecule has 0 aliphatic carbocycles. The number of hydrogen-bond acceptors (Lipinski definition) is 5. The first kappa shape index (κ1) is 23.0. The summed E-state index contributed by atoms with van der Waals surface area (Å²) in [6.07, 6.45) is 1.83. The second-order valence-corrected chi connectivity index (χ2v) is 7.39. The number of rotatable bonds is 10. The number of carbonyl (C=O) groups is 1. The molecule has 2 aromatic carbocycles. The van der Waals surface area contributed by atoms with E-state index in [1.54, 1.807) is 31.4 Å². The highest BCUT2D eigenvalue weighted by atomic mass is 19.3. The van der Waals surface area contributed by atoms with Gasteiger partial charge in [0.05, 0.1) is 6.61 Å². The van der Waals surface area contributed by atoms with Crippen molar-refractivity contribution in [3.05, 3.63) is 59.7 Å². The molecule has 8 heteroatoms. The van der Waals surface area contributed by atoms with Crippen LogP contribution in [0.3, 0.4) is 0 Å². The fourth-order valence-corrected chi connectivity index (χ4v) is 3.49. The van der Waals surface area contributed by atoms with Crippen molar-refractivity contribution in [2.45, 2.75) is 32.1 Å². The van der Waals surface area contributed by atoms with Gasteiger partial charge in [0.15, 0.2) is 0 Å². The third kappa shape index (κ3) is 7.48. The number of alkyl halides is 2. The molecule has 31 heavy (non-hydrogen) atoms. The van der Waals surface area contributed by atoms with Gasteiger partial charge >= 0.3 is 6.61 Å². The highest BCUT2D eigenvalue weighted by molar-refractivity contribution is 5.94. The Bertz CT molecular complexity index is 825. The number of ether oxygens (including phenoxy) is 3. The first-order valence-corrected chi connectivity index (χ1v) is 10.3. The Morgan fingerprint density at radius 2 is 1.87 bits per heavy atom. The molecular weight excluding hydrogens is 406 g/mol. The summed E-state index contributed by atoms with van der Waals surface area (Å²) >= 11 is 0. The predicted octanol–water partition coefficient (Wildman–Crippen LogP) is 3.71. The third-order valence-corrected chi connectivity index (χ3v) is 5.08. The Kier molecular flexibility index (Phi) is 8.61. The van der Waals surface area contributed by atoms with Crippen LogP contribution in [0.2, 0.25) is 0 Å². The summed E-state index contributed by atoms with van der Waals surface area (Å²) in [5.74, 6) is 0.704. The second-order valence-electron chi connectivity index (χ2n) is 7.39. The molecule has 2 aromatic rings. The van der Waals surface area contributed by atoms with E-state index in [0.717, 1.165) is 38.0 Å². The fraction of sp³-hybridized carbons (Fsp3) is 0.435. The first-order chi connectivity index (χ1) is 15.0. The number of amides is 1. The molecule has 1 aliphatic rings. The third-order valence-electron chi connectivity index (χ3n) is 5.08. The Morgan fingerprint density at radius 1 is 1.13 bits per heavy atom. The van der Waals surface area contributed by atoms with Crippen LogP contribution in [0.25, 0.3) is 0 Å². The van der Waals surface area contributed by atoms with E-state index >= 15 is 0 Å². The lowest BCUT2D eigenvalue weighted by Crippen LogP contribution is -2.37. The summed E-state index contributed by atoms with van der Waals surface area (Å²) in [5.41, 5.74) is 1.61. The molecular formula is C23H28F2N2O4. The van der Waals surface area contributed by atoms with Gasteiger partial charge in [-0.25, -0.2) is 0 Å². The molecule has 1 fully saturated rings. The average Bonchev–Trinajstić information content (AvgIpc) is 2.76. The zero-order chi connectivity index (χ0) is 22.1. The molecule has 0 bridgehead atoms. The smallest absolute Gasteiger partial charge is 0.387 e. The van der Waals surface area contributed by atoms with Crippen molar-refractivity contribution in [1.82, 2.24) is 10.2 Å². The minimum Gasteiger partial charge on any atom is -0.490 e. The number of nitrogens with zero attached hydrogens (tertiary/aromatic N) is 1. The van der Waals surface area contributed by atoms with Gasteiger partial charge in [-0.15, -0.1) is 0 Å². The summed E-state index contributed by atoms with van der Waals surface area (Å²) in [5, 5.41) is 2.80. The Morgan fingerprint density at radius 3 is 2.55 bits per heavy atom. The molecule has 1 saturated heterocycles. The van der Waals surface area contributed by atoms with Crippen molar-refractivity contribution in [2.75, 3.05) is 33.4 Å². The Balaban J connectivity index is 1.45. The van der Waals surface area contributed by atoms with Gasteiger partial charge in [-0.2, -0.15) is 8.78 Å². The standard InChI is InChI=1S/C23H28F2N2O4/c1-29-14-11-26-22(28)18-3-2-4-21(15-18)30-20-9-12-27(13-10-20)16-17-5-7-19(8-6-17)31-23(24)25/h2-8,15,20,23H,9-14,16H2,1H3,(H,26,28). The maximum absolute atomic E-state index is 12.2. The normalized spacial score (nSPS) is 15.1. The van der Waals surface area contributed by atoms with Gasteiger partial charge in [0.2, 0.25) is 0 Å². The quantitative estimate of drug-likeness (QED) is 0.578. The fourth-order valence-electron chi connectivity index (χ4n) is 3.49. The van der Waals surface area contributed by atoms with Crippen LogP contribution in [0.1, 0.15) is 28.8 Å². The number of halogens is 2. The Labute approximate surface area is 181 Å². The van der Waals surface area contributed by atoms with Crippen LogP contribution in [0, 0.1) is 0 Å². The lowest BCUT2D eigenvalue weighted by molar-refractivity contribution is -0.0498. The molecule has 3 rings (SSSR count). The van der Waals surface area contributed by atoms with Crippen LogP contribution in [0.5, 0.6) is 11.5 Å². The van der Waals surface area contributed by atoms with Crippen LogP contribution >= 0.6 is 0 Å². The molecule has 0 unspecified atom stereocenters. The summed E-state index contributed by atoms with van der Waals surface area (Å²) < 4.78 is 39.9. The molecule has 0 radical (unpaired) electrons.